The van der Waals surface area contributed by atoms with Crippen molar-refractivity contribution in [3.8, 4) is 11.1 Å². The lowest BCUT2D eigenvalue weighted by Crippen LogP contribution is -2.57. The fourth-order valence-corrected chi connectivity index (χ4v) is 6.84. The molecule has 48 heavy (non-hydrogen) atoms. The zero-order valence-electron chi connectivity index (χ0n) is 28.0. The predicted molar refractivity (Wildman–Crippen MR) is 187 cm³/mol. The summed E-state index contributed by atoms with van der Waals surface area (Å²) >= 11 is 6.54. The molecule has 1 atom stereocenters. The average Bonchev–Trinajstić information content (AvgIpc) is 3.36. The van der Waals surface area contributed by atoms with Crippen molar-refractivity contribution < 1.29 is 19.1 Å². The third kappa shape index (κ3) is 6.85. The van der Waals surface area contributed by atoms with Gasteiger partial charge in [-0.25, -0.2) is 19.2 Å². The summed E-state index contributed by atoms with van der Waals surface area (Å²) in [6.45, 7) is 11.1. The molecule has 0 bridgehead atoms. The molecule has 252 valence electrons. The van der Waals surface area contributed by atoms with Crippen LogP contribution in [0.4, 0.5) is 9.59 Å². The Bertz CT molecular complexity index is 1850. The molecule has 1 N–H and O–H groups in total. The van der Waals surface area contributed by atoms with Gasteiger partial charge in [0.05, 0.1) is 35.1 Å². The fourth-order valence-electron chi connectivity index (χ4n) is 6.58. The number of piperazine rings is 1. The minimum absolute atomic E-state index is 0.0907. The van der Waals surface area contributed by atoms with E-state index in [-0.39, 0.29) is 24.0 Å². The van der Waals surface area contributed by atoms with Crippen molar-refractivity contribution in [1.29, 1.82) is 0 Å². The number of fused-ring (bicyclic) bond motifs is 4. The molecule has 1 unspecified atom stereocenters. The van der Waals surface area contributed by atoms with E-state index in [9.17, 15) is 14.4 Å². The van der Waals surface area contributed by atoms with E-state index in [0.717, 1.165) is 22.3 Å². The first-order valence-corrected chi connectivity index (χ1v) is 16.8. The number of hydrogen-bond acceptors (Lipinski definition) is 7. The lowest BCUT2D eigenvalue weighted by atomic mass is 9.98. The number of carbonyl (C=O) groups excluding carboxylic acids is 2. The summed E-state index contributed by atoms with van der Waals surface area (Å²) in [4.78, 5) is 47.2. The molecule has 2 heterocycles. The number of amides is 2. The van der Waals surface area contributed by atoms with Crippen LogP contribution in [0.15, 0.2) is 71.5 Å². The first-order valence-electron chi connectivity index (χ1n) is 16.5. The molecule has 4 aromatic rings. The van der Waals surface area contributed by atoms with Crippen LogP contribution in [0.2, 0.25) is 5.02 Å². The van der Waals surface area contributed by atoms with Gasteiger partial charge in [0, 0.05) is 19.0 Å². The van der Waals surface area contributed by atoms with Gasteiger partial charge in [0.2, 0.25) is 0 Å². The standard InChI is InChI=1S/C37H42ClN5O5/c1-23(2)21-31(40-35(45)47-22-28-26-13-8-6-11-24(26)25-12-7-9-14-27(25)28)33-39-30-16-10-15-29(38)32(30)34(44)43(33)42-19-17-41(18-20-42)36(46)48-37(3,4)5/h6-16,23,28,31H,17-22H2,1-5H3,(H,40,45). The largest absolute Gasteiger partial charge is 0.449 e. The fraction of sp³-hybridized carbons (Fsp3) is 0.405. The second-order valence-corrected chi connectivity index (χ2v) is 14.2. The van der Waals surface area contributed by atoms with E-state index >= 15 is 0 Å². The Labute approximate surface area is 285 Å². The predicted octanol–water partition coefficient (Wildman–Crippen LogP) is 6.86. The highest BCUT2D eigenvalue weighted by Crippen LogP contribution is 2.44. The molecular weight excluding hydrogens is 630 g/mol. The van der Waals surface area contributed by atoms with Gasteiger partial charge in [-0.15, -0.1) is 0 Å². The second kappa shape index (κ2) is 13.5. The van der Waals surface area contributed by atoms with Crippen molar-refractivity contribution in [2.24, 2.45) is 5.92 Å². The monoisotopic (exact) mass is 671 g/mol. The minimum Gasteiger partial charge on any atom is -0.449 e. The quantitative estimate of drug-likeness (QED) is 0.229. The molecule has 1 aliphatic heterocycles. The van der Waals surface area contributed by atoms with Crippen LogP contribution < -0.4 is 15.9 Å². The van der Waals surface area contributed by atoms with Crippen LogP contribution in [0.1, 0.15) is 70.0 Å². The van der Waals surface area contributed by atoms with E-state index in [0.29, 0.717) is 54.3 Å². The highest BCUT2D eigenvalue weighted by Gasteiger charge is 2.32. The molecule has 1 saturated heterocycles. The second-order valence-electron chi connectivity index (χ2n) is 13.8. The Morgan fingerprint density at radius 1 is 0.938 bits per heavy atom. The molecule has 2 amide bonds. The number of carbonyl (C=O) groups is 2. The van der Waals surface area contributed by atoms with Gasteiger partial charge in [-0.1, -0.05) is 80.0 Å². The van der Waals surface area contributed by atoms with E-state index in [4.69, 9.17) is 26.1 Å². The topological polar surface area (TPSA) is 106 Å². The maximum absolute atomic E-state index is 14.2. The van der Waals surface area contributed by atoms with E-state index < -0.39 is 23.8 Å². The summed E-state index contributed by atoms with van der Waals surface area (Å²) in [7, 11) is 0. The van der Waals surface area contributed by atoms with Crippen LogP contribution in [0.25, 0.3) is 22.0 Å². The van der Waals surface area contributed by atoms with Crippen molar-refractivity contribution in [2.75, 3.05) is 37.8 Å². The van der Waals surface area contributed by atoms with Gasteiger partial charge in [-0.05, 0) is 67.5 Å². The minimum atomic E-state index is -0.652. The molecule has 3 aromatic carbocycles. The van der Waals surface area contributed by atoms with Gasteiger partial charge in [-0.2, -0.15) is 0 Å². The number of benzene rings is 3. The first-order chi connectivity index (χ1) is 22.9. The van der Waals surface area contributed by atoms with Crippen LogP contribution in [0, 0.1) is 5.92 Å². The highest BCUT2D eigenvalue weighted by molar-refractivity contribution is 6.35. The molecule has 0 saturated carbocycles. The van der Waals surface area contributed by atoms with Gasteiger partial charge in [0.15, 0.2) is 5.82 Å². The van der Waals surface area contributed by atoms with Gasteiger partial charge >= 0.3 is 12.2 Å². The molecule has 1 fully saturated rings. The molecule has 1 aromatic heterocycles. The maximum atomic E-state index is 14.2. The Hall–Kier alpha value is -4.57. The van der Waals surface area contributed by atoms with Gasteiger partial charge in [0.25, 0.3) is 5.56 Å². The molecule has 0 radical (unpaired) electrons. The molecule has 10 nitrogen and oxygen atoms in total. The summed E-state index contributed by atoms with van der Waals surface area (Å²) in [6, 6.07) is 20.9. The Morgan fingerprint density at radius 2 is 1.56 bits per heavy atom. The number of halogens is 1. The molecule has 2 aliphatic rings. The summed E-state index contributed by atoms with van der Waals surface area (Å²) in [5, 5.41) is 5.50. The average molecular weight is 672 g/mol. The highest BCUT2D eigenvalue weighted by atomic mass is 35.5. The van der Waals surface area contributed by atoms with Crippen LogP contribution in [0.5, 0.6) is 0 Å². The normalized spacial score (nSPS) is 15.3. The number of aromatic nitrogens is 2. The van der Waals surface area contributed by atoms with Gasteiger partial charge in [-0.3, -0.25) is 4.79 Å². The van der Waals surface area contributed by atoms with E-state index in [1.54, 1.807) is 23.1 Å². The number of nitrogens with one attached hydrogen (secondary N) is 1. The molecule has 1 aliphatic carbocycles. The van der Waals surface area contributed by atoms with Crippen molar-refractivity contribution >= 4 is 34.7 Å². The summed E-state index contributed by atoms with van der Waals surface area (Å²) < 4.78 is 13.0. The number of hydrogen-bond donors (Lipinski definition) is 1. The zero-order valence-corrected chi connectivity index (χ0v) is 28.8. The Balaban J connectivity index is 1.28. The summed E-state index contributed by atoms with van der Waals surface area (Å²) in [5.74, 6) is 0.433. The van der Waals surface area contributed by atoms with Crippen molar-refractivity contribution in [1.82, 2.24) is 19.9 Å². The van der Waals surface area contributed by atoms with E-state index in [2.05, 4.69) is 29.6 Å². The number of nitrogens with zero attached hydrogens (tertiary/aromatic N) is 4. The van der Waals surface area contributed by atoms with Crippen LogP contribution in [-0.2, 0) is 9.47 Å². The van der Waals surface area contributed by atoms with E-state index in [1.165, 1.54) is 4.68 Å². The van der Waals surface area contributed by atoms with Crippen LogP contribution >= 0.6 is 11.6 Å². The smallest absolute Gasteiger partial charge is 0.410 e. The van der Waals surface area contributed by atoms with E-state index in [1.807, 2.05) is 63.9 Å². The molecule has 6 rings (SSSR count). The van der Waals surface area contributed by atoms with Crippen molar-refractivity contribution in [3.63, 3.8) is 0 Å². The summed E-state index contributed by atoms with van der Waals surface area (Å²) in [6.07, 6.45) is -0.492. The lowest BCUT2D eigenvalue weighted by molar-refractivity contribution is 0.0231. The maximum Gasteiger partial charge on any atom is 0.410 e. The Morgan fingerprint density at radius 3 is 2.17 bits per heavy atom. The van der Waals surface area contributed by atoms with Crippen LogP contribution in [0.3, 0.4) is 0 Å². The Kier molecular flexibility index (Phi) is 9.38. The lowest BCUT2D eigenvalue weighted by Gasteiger charge is -2.38. The number of alkyl carbamates (subject to hydrolysis) is 1. The molecule has 11 heteroatoms. The molecular formula is C37H42ClN5O5. The van der Waals surface area contributed by atoms with Crippen molar-refractivity contribution in [2.45, 2.75) is 58.6 Å². The third-order valence-corrected chi connectivity index (χ3v) is 9.01. The molecule has 0 spiro atoms. The van der Waals surface area contributed by atoms with Crippen LogP contribution in [-0.4, -0.2) is 65.1 Å². The van der Waals surface area contributed by atoms with Crippen molar-refractivity contribution in [3.05, 3.63) is 99.1 Å². The zero-order chi connectivity index (χ0) is 34.2. The number of ether oxygens (including phenoxy) is 2. The number of rotatable bonds is 7. The van der Waals surface area contributed by atoms with Gasteiger partial charge in [0.1, 0.15) is 12.2 Å². The van der Waals surface area contributed by atoms with Gasteiger partial charge < -0.3 is 24.7 Å². The SMILES string of the molecule is CC(C)CC(NC(=O)OCC1c2ccccc2-c2ccccc21)c1nc2cccc(Cl)c2c(=O)n1N1CCN(C(=O)OC(C)(C)C)CC1. The first kappa shape index (κ1) is 33.3. The third-order valence-electron chi connectivity index (χ3n) is 8.69. The summed E-state index contributed by atoms with van der Waals surface area (Å²) in [5.41, 5.74) is 4.02.